The molecule has 1 aliphatic carbocycles. The van der Waals surface area contributed by atoms with E-state index in [1.54, 1.807) is 6.21 Å². The van der Waals surface area contributed by atoms with Crippen LogP contribution in [0.15, 0.2) is 76.6 Å². The van der Waals surface area contributed by atoms with Gasteiger partial charge < -0.3 is 14.2 Å². The zero-order valence-corrected chi connectivity index (χ0v) is 19.9. The number of fused-ring (bicyclic) bond motifs is 2. The summed E-state index contributed by atoms with van der Waals surface area (Å²) in [5, 5.41) is 5.21. The molecule has 36 heavy (non-hydrogen) atoms. The minimum Gasteiger partial charge on any atom is -0.489 e. The first-order valence-corrected chi connectivity index (χ1v) is 12.4. The Bertz CT molecular complexity index is 1490. The van der Waals surface area contributed by atoms with Gasteiger partial charge in [0.15, 0.2) is 11.5 Å². The highest BCUT2D eigenvalue weighted by Gasteiger charge is 2.22. The molecular weight excluding hydrogens is 454 g/mol. The average molecular weight is 482 g/mol. The van der Waals surface area contributed by atoms with Crippen molar-refractivity contribution < 1.29 is 14.2 Å². The molecule has 7 heteroatoms. The van der Waals surface area contributed by atoms with Crippen LogP contribution < -0.4 is 19.8 Å². The number of hydrogen-bond acceptors (Lipinski definition) is 6. The van der Waals surface area contributed by atoms with E-state index < -0.39 is 0 Å². The maximum atomic E-state index is 13.4. The largest absolute Gasteiger partial charge is 0.489 e. The number of hydrogen-bond donors (Lipinski definition) is 0. The third-order valence-electron chi connectivity index (χ3n) is 6.77. The molecule has 0 unspecified atom stereocenters. The number of aromatic nitrogens is 2. The Morgan fingerprint density at radius 2 is 1.83 bits per heavy atom. The second-order valence-corrected chi connectivity index (χ2v) is 9.23. The predicted octanol–water partition coefficient (Wildman–Crippen LogP) is 5.63. The molecule has 182 valence electrons. The van der Waals surface area contributed by atoms with E-state index in [2.05, 4.69) is 5.10 Å². The molecule has 1 saturated carbocycles. The third-order valence-corrected chi connectivity index (χ3v) is 6.77. The van der Waals surface area contributed by atoms with Gasteiger partial charge in [-0.3, -0.25) is 4.79 Å². The monoisotopic (exact) mass is 481 g/mol. The van der Waals surface area contributed by atoms with Crippen molar-refractivity contribution in [2.24, 2.45) is 5.10 Å². The molecule has 6 rings (SSSR count). The first kappa shape index (κ1) is 22.3. The Kier molecular flexibility index (Phi) is 6.11. The van der Waals surface area contributed by atoms with Gasteiger partial charge in [0.1, 0.15) is 18.2 Å². The summed E-state index contributed by atoms with van der Waals surface area (Å²) in [6, 6.07) is 21.0. The van der Waals surface area contributed by atoms with Crippen molar-refractivity contribution in [3.8, 4) is 17.2 Å². The lowest BCUT2D eigenvalue weighted by Crippen LogP contribution is -2.25. The fourth-order valence-electron chi connectivity index (χ4n) is 4.88. The first-order valence-electron chi connectivity index (χ1n) is 12.4. The minimum atomic E-state index is -0.132. The van der Waals surface area contributed by atoms with Crippen LogP contribution in [0.3, 0.4) is 0 Å². The molecule has 0 radical (unpaired) electrons. The average Bonchev–Trinajstić information content (AvgIpc) is 3.40. The molecule has 0 saturated heterocycles. The van der Waals surface area contributed by atoms with Crippen LogP contribution in [-0.2, 0) is 6.61 Å². The summed E-state index contributed by atoms with van der Waals surface area (Å²) >= 11 is 0. The standard InChI is InChI=1S/C29H27N3O4/c33-29-24-11-4-5-12-25(24)31-28(22-8-2-1-3-9-22)32(29)30-17-20-7-6-10-23(15-20)34-18-21-13-14-26-27(16-21)36-19-35-26/h4-7,10-17,22H,1-3,8-9,18-19H2. The quantitative estimate of drug-likeness (QED) is 0.334. The van der Waals surface area contributed by atoms with Crippen molar-refractivity contribution in [2.45, 2.75) is 44.6 Å². The smallest absolute Gasteiger partial charge is 0.282 e. The van der Waals surface area contributed by atoms with Gasteiger partial charge in [-0.2, -0.15) is 9.78 Å². The van der Waals surface area contributed by atoms with Gasteiger partial charge in [-0.1, -0.05) is 49.6 Å². The van der Waals surface area contributed by atoms with E-state index >= 15 is 0 Å². The highest BCUT2D eigenvalue weighted by atomic mass is 16.7. The highest BCUT2D eigenvalue weighted by molar-refractivity contribution is 5.81. The molecule has 1 aromatic heterocycles. The van der Waals surface area contributed by atoms with Crippen molar-refractivity contribution >= 4 is 17.1 Å². The summed E-state index contributed by atoms with van der Waals surface area (Å²) in [5.41, 5.74) is 2.43. The molecule has 2 heterocycles. The number of rotatable bonds is 6. The minimum absolute atomic E-state index is 0.132. The fraction of sp³-hybridized carbons (Fsp3) is 0.276. The lowest BCUT2D eigenvalue weighted by Gasteiger charge is -2.22. The van der Waals surface area contributed by atoms with E-state index in [1.165, 1.54) is 11.1 Å². The number of para-hydroxylation sites is 1. The van der Waals surface area contributed by atoms with Crippen LogP contribution in [0.4, 0.5) is 0 Å². The van der Waals surface area contributed by atoms with Crippen LogP contribution in [0.5, 0.6) is 17.2 Å². The van der Waals surface area contributed by atoms with Gasteiger partial charge in [-0.05, 0) is 60.4 Å². The zero-order valence-electron chi connectivity index (χ0n) is 19.9. The Morgan fingerprint density at radius 3 is 2.75 bits per heavy atom. The second-order valence-electron chi connectivity index (χ2n) is 9.23. The van der Waals surface area contributed by atoms with Gasteiger partial charge in [-0.25, -0.2) is 4.98 Å². The highest BCUT2D eigenvalue weighted by Crippen LogP contribution is 2.33. The topological polar surface area (TPSA) is 74.9 Å². The van der Waals surface area contributed by atoms with Crippen molar-refractivity contribution in [3.05, 3.63) is 94.0 Å². The van der Waals surface area contributed by atoms with Crippen LogP contribution in [0, 0.1) is 0 Å². The summed E-state index contributed by atoms with van der Waals surface area (Å²) in [4.78, 5) is 18.3. The molecule has 7 nitrogen and oxygen atoms in total. The summed E-state index contributed by atoms with van der Waals surface area (Å²) in [6.07, 6.45) is 7.31. The van der Waals surface area contributed by atoms with Crippen molar-refractivity contribution in [2.75, 3.05) is 6.79 Å². The Hall–Kier alpha value is -4.13. The van der Waals surface area contributed by atoms with Gasteiger partial charge >= 0.3 is 0 Å². The molecule has 0 N–H and O–H groups in total. The van der Waals surface area contributed by atoms with Crippen molar-refractivity contribution in [1.29, 1.82) is 0 Å². The molecule has 0 spiro atoms. The molecule has 4 aromatic rings. The molecule has 3 aromatic carbocycles. The summed E-state index contributed by atoms with van der Waals surface area (Å²) in [5.74, 6) is 3.20. The summed E-state index contributed by atoms with van der Waals surface area (Å²) in [7, 11) is 0. The molecule has 2 aliphatic rings. The van der Waals surface area contributed by atoms with Gasteiger partial charge in [-0.15, -0.1) is 0 Å². The number of nitrogens with zero attached hydrogens (tertiary/aromatic N) is 3. The van der Waals surface area contributed by atoms with E-state index in [0.717, 1.165) is 59.7 Å². The van der Waals surface area contributed by atoms with Gasteiger partial charge in [0, 0.05) is 5.92 Å². The van der Waals surface area contributed by atoms with Crippen LogP contribution in [0.2, 0.25) is 0 Å². The molecule has 1 aliphatic heterocycles. The van der Waals surface area contributed by atoms with E-state index in [0.29, 0.717) is 17.7 Å². The van der Waals surface area contributed by atoms with Crippen LogP contribution >= 0.6 is 0 Å². The van der Waals surface area contributed by atoms with Crippen LogP contribution in [0.1, 0.15) is 55.0 Å². The third kappa shape index (κ3) is 4.56. The maximum absolute atomic E-state index is 13.4. The van der Waals surface area contributed by atoms with E-state index in [4.69, 9.17) is 19.2 Å². The Morgan fingerprint density at radius 1 is 0.972 bits per heavy atom. The van der Waals surface area contributed by atoms with Gasteiger partial charge in [0.05, 0.1) is 17.1 Å². The molecular formula is C29H27N3O4. The van der Waals surface area contributed by atoms with E-state index in [-0.39, 0.29) is 18.3 Å². The number of ether oxygens (including phenoxy) is 3. The molecule has 0 bridgehead atoms. The summed E-state index contributed by atoms with van der Waals surface area (Å²) < 4.78 is 18.3. The lowest BCUT2D eigenvalue weighted by atomic mass is 9.88. The van der Waals surface area contributed by atoms with Crippen LogP contribution in [-0.4, -0.2) is 22.7 Å². The summed E-state index contributed by atoms with van der Waals surface area (Å²) in [6.45, 7) is 0.649. The Balaban J connectivity index is 1.26. The number of benzene rings is 3. The van der Waals surface area contributed by atoms with Crippen molar-refractivity contribution in [1.82, 2.24) is 9.66 Å². The van der Waals surface area contributed by atoms with Gasteiger partial charge in [0.2, 0.25) is 6.79 Å². The van der Waals surface area contributed by atoms with E-state index in [1.807, 2.05) is 66.7 Å². The SMILES string of the molecule is O=c1c2ccccc2nc(C2CCCCC2)n1N=Cc1cccc(OCc2ccc3c(c2)OCO3)c1. The first-order chi connectivity index (χ1) is 17.7. The Labute approximate surface area is 209 Å². The lowest BCUT2D eigenvalue weighted by molar-refractivity contribution is 0.174. The molecule has 0 amide bonds. The molecule has 0 atom stereocenters. The van der Waals surface area contributed by atoms with Gasteiger partial charge in [0.25, 0.3) is 5.56 Å². The fourth-order valence-corrected chi connectivity index (χ4v) is 4.88. The van der Waals surface area contributed by atoms with Crippen molar-refractivity contribution in [3.63, 3.8) is 0 Å². The van der Waals surface area contributed by atoms with E-state index in [9.17, 15) is 4.79 Å². The normalized spacial score (nSPS) is 15.6. The second kappa shape index (κ2) is 9.85. The predicted molar refractivity (Wildman–Crippen MR) is 138 cm³/mol. The van der Waals surface area contributed by atoms with Crippen LogP contribution in [0.25, 0.3) is 10.9 Å². The zero-order chi connectivity index (χ0) is 24.3. The maximum Gasteiger partial charge on any atom is 0.282 e. The molecule has 1 fully saturated rings.